The van der Waals surface area contributed by atoms with Crippen molar-refractivity contribution < 1.29 is 54.4 Å². The van der Waals surface area contributed by atoms with Crippen LogP contribution in [0.5, 0.6) is 0 Å². The van der Waals surface area contributed by atoms with Gasteiger partial charge < -0.3 is 55.5 Å². The van der Waals surface area contributed by atoms with E-state index in [2.05, 4.69) is 24.5 Å². The summed E-state index contributed by atoms with van der Waals surface area (Å²) < 4.78 is 17.0. The summed E-state index contributed by atoms with van der Waals surface area (Å²) in [6, 6.07) is 0. The molecule has 2 saturated heterocycles. The van der Waals surface area contributed by atoms with Crippen LogP contribution in [0.4, 0.5) is 0 Å². The lowest BCUT2D eigenvalue weighted by atomic mass is 9.94. The van der Waals surface area contributed by atoms with Crippen LogP contribution in [0, 0.1) is 0 Å². The smallest absolute Gasteiger partial charge is 0.220 e. The van der Waals surface area contributed by atoms with E-state index in [9.17, 15) is 40.2 Å². The molecule has 0 unspecified atom stereocenters. The highest BCUT2D eigenvalue weighted by molar-refractivity contribution is 5.76. The van der Waals surface area contributed by atoms with Crippen LogP contribution in [0.2, 0.25) is 0 Å². The van der Waals surface area contributed by atoms with Crippen LogP contribution in [-0.4, -0.2) is 117 Å². The molecule has 13 heteroatoms. The average Bonchev–Trinajstić information content (AvgIpc) is 3.03. The SMILES string of the molecule is CCCCCCCCNC(=O)CC[C@H]1O[C@H](O[C@H]2O[C@H](CCC(=O)NCCCCCCCC)[C@@H](O)[C@H](O)[C@H]2O)[C@H](O)[C@@H](O)[C@@H]1O. The van der Waals surface area contributed by atoms with Gasteiger partial charge in [-0.05, 0) is 25.7 Å². The molecule has 2 heterocycles. The highest BCUT2D eigenvalue weighted by atomic mass is 16.8. The van der Waals surface area contributed by atoms with Gasteiger partial charge in [0.1, 0.15) is 36.6 Å². The number of nitrogens with one attached hydrogen (secondary N) is 2. The highest BCUT2D eigenvalue weighted by Gasteiger charge is 2.49. The molecule has 0 radical (unpaired) electrons. The number of amides is 2. The third-order valence-corrected chi connectivity index (χ3v) is 8.62. The summed E-state index contributed by atoms with van der Waals surface area (Å²) in [5.41, 5.74) is 0. The fraction of sp³-hybridized carbons (Fsp3) is 0.938. The fourth-order valence-electron chi connectivity index (χ4n) is 5.66. The molecule has 2 aliphatic rings. The summed E-state index contributed by atoms with van der Waals surface area (Å²) in [5, 5.41) is 68.5. The molecular weight excluding hydrogens is 588 g/mol. The lowest BCUT2D eigenvalue weighted by Gasteiger charge is -2.45. The number of rotatable bonds is 22. The van der Waals surface area contributed by atoms with Gasteiger partial charge in [-0.25, -0.2) is 0 Å². The summed E-state index contributed by atoms with van der Waals surface area (Å²) >= 11 is 0. The van der Waals surface area contributed by atoms with Gasteiger partial charge in [0.2, 0.25) is 11.8 Å². The number of hydrogen-bond acceptors (Lipinski definition) is 11. The Morgan fingerprint density at radius 1 is 0.533 bits per heavy atom. The van der Waals surface area contributed by atoms with Gasteiger partial charge in [-0.3, -0.25) is 9.59 Å². The van der Waals surface area contributed by atoms with Gasteiger partial charge in [-0.15, -0.1) is 0 Å². The molecule has 264 valence electrons. The fourth-order valence-corrected chi connectivity index (χ4v) is 5.66. The van der Waals surface area contributed by atoms with Crippen LogP contribution >= 0.6 is 0 Å². The van der Waals surface area contributed by atoms with Crippen molar-refractivity contribution >= 4 is 11.8 Å². The molecule has 2 amide bonds. The van der Waals surface area contributed by atoms with Crippen LogP contribution in [0.15, 0.2) is 0 Å². The summed E-state index contributed by atoms with van der Waals surface area (Å²) in [7, 11) is 0. The number of aliphatic hydroxyl groups excluding tert-OH is 6. The highest BCUT2D eigenvalue weighted by Crippen LogP contribution is 2.30. The quantitative estimate of drug-likeness (QED) is 0.0781. The van der Waals surface area contributed by atoms with Crippen molar-refractivity contribution in [3.8, 4) is 0 Å². The maximum Gasteiger partial charge on any atom is 0.220 e. The molecule has 2 aliphatic heterocycles. The van der Waals surface area contributed by atoms with Gasteiger partial charge >= 0.3 is 0 Å². The van der Waals surface area contributed by atoms with Crippen LogP contribution in [0.25, 0.3) is 0 Å². The Balaban J connectivity index is 1.82. The standard InChI is InChI=1S/C32H60N2O11/c1-3-5-7-9-11-13-19-33-23(35)17-15-21-25(37)27(39)29(41)31(43-21)45-32-30(42)28(40)26(38)22(44-32)16-18-24(36)34-20-14-12-10-8-6-4-2/h21-22,25-32,37-42H,3-20H2,1-2H3,(H,33,35)(H,34,36)/t21-,22-,25-,26-,27+,28+,29-,30-,31-,32-/m1/s1. The van der Waals surface area contributed by atoms with Crippen molar-refractivity contribution in [2.24, 2.45) is 0 Å². The molecule has 8 N–H and O–H groups in total. The summed E-state index contributed by atoms with van der Waals surface area (Å²) in [5.74, 6) is -0.473. The first-order chi connectivity index (χ1) is 21.6. The first-order valence-corrected chi connectivity index (χ1v) is 17.2. The van der Waals surface area contributed by atoms with Gasteiger partial charge in [0.15, 0.2) is 12.6 Å². The topological polar surface area (TPSA) is 207 Å². The zero-order chi connectivity index (χ0) is 33.2. The normalized spacial score (nSPS) is 31.9. The van der Waals surface area contributed by atoms with Crippen LogP contribution in [0.1, 0.15) is 117 Å². The van der Waals surface area contributed by atoms with E-state index in [1.54, 1.807) is 0 Å². The van der Waals surface area contributed by atoms with Crippen molar-refractivity contribution in [3.05, 3.63) is 0 Å². The number of carbonyl (C=O) groups is 2. The van der Waals surface area contributed by atoms with Crippen LogP contribution in [0.3, 0.4) is 0 Å². The number of ether oxygens (including phenoxy) is 3. The van der Waals surface area contributed by atoms with E-state index in [0.29, 0.717) is 13.1 Å². The van der Waals surface area contributed by atoms with Gasteiger partial charge in [-0.2, -0.15) is 0 Å². The predicted octanol–water partition coefficient (Wildman–Crippen LogP) is 1.13. The molecule has 0 aromatic heterocycles. The van der Waals surface area contributed by atoms with Crippen molar-refractivity contribution in [3.63, 3.8) is 0 Å². The van der Waals surface area contributed by atoms with E-state index in [4.69, 9.17) is 14.2 Å². The van der Waals surface area contributed by atoms with E-state index in [0.717, 1.165) is 38.5 Å². The minimum atomic E-state index is -1.73. The van der Waals surface area contributed by atoms with Crippen LogP contribution in [-0.2, 0) is 23.8 Å². The van der Waals surface area contributed by atoms with Crippen molar-refractivity contribution in [2.45, 2.75) is 178 Å². The molecule has 0 aromatic carbocycles. The monoisotopic (exact) mass is 648 g/mol. The summed E-state index contributed by atoms with van der Waals surface area (Å²) in [6.45, 7) is 5.39. The van der Waals surface area contributed by atoms with E-state index >= 15 is 0 Å². The molecule has 0 aromatic rings. The second-order valence-electron chi connectivity index (χ2n) is 12.5. The zero-order valence-electron chi connectivity index (χ0n) is 27.2. The lowest BCUT2D eigenvalue weighted by molar-refractivity contribution is -0.374. The van der Waals surface area contributed by atoms with Gasteiger partial charge in [0.05, 0.1) is 12.2 Å². The molecular formula is C32H60N2O11. The molecule has 13 nitrogen and oxygen atoms in total. The Hall–Kier alpha value is -1.42. The minimum absolute atomic E-state index is 0.00352. The molecule has 10 atom stereocenters. The number of aliphatic hydroxyl groups is 6. The van der Waals surface area contributed by atoms with E-state index < -0.39 is 61.4 Å². The van der Waals surface area contributed by atoms with E-state index in [-0.39, 0.29) is 37.5 Å². The van der Waals surface area contributed by atoms with Crippen molar-refractivity contribution in [1.82, 2.24) is 10.6 Å². The largest absolute Gasteiger partial charge is 0.388 e. The van der Waals surface area contributed by atoms with E-state index in [1.165, 1.54) is 38.5 Å². The third-order valence-electron chi connectivity index (χ3n) is 8.62. The molecule has 0 aliphatic carbocycles. The zero-order valence-corrected chi connectivity index (χ0v) is 27.2. The minimum Gasteiger partial charge on any atom is -0.388 e. The summed E-state index contributed by atoms with van der Waals surface area (Å²) in [4.78, 5) is 24.6. The molecule has 0 saturated carbocycles. The Labute approximate surface area is 268 Å². The Bertz CT molecular complexity index is 758. The first-order valence-electron chi connectivity index (χ1n) is 17.2. The van der Waals surface area contributed by atoms with Gasteiger partial charge in [-0.1, -0.05) is 78.1 Å². The maximum absolute atomic E-state index is 12.3. The molecule has 2 fully saturated rings. The average molecular weight is 649 g/mol. The Morgan fingerprint density at radius 2 is 0.889 bits per heavy atom. The third kappa shape index (κ3) is 14.1. The molecule has 0 spiro atoms. The van der Waals surface area contributed by atoms with Crippen molar-refractivity contribution in [2.75, 3.05) is 13.1 Å². The Kier molecular flexibility index (Phi) is 19.6. The van der Waals surface area contributed by atoms with E-state index in [1.807, 2.05) is 0 Å². The maximum atomic E-state index is 12.3. The lowest BCUT2D eigenvalue weighted by Crippen LogP contribution is -2.63. The van der Waals surface area contributed by atoms with Gasteiger partial charge in [0, 0.05) is 25.9 Å². The number of hydrogen-bond donors (Lipinski definition) is 8. The summed E-state index contributed by atoms with van der Waals surface area (Å²) in [6.07, 6.45) is -1.93. The second-order valence-corrected chi connectivity index (χ2v) is 12.5. The molecule has 2 rings (SSSR count). The number of carbonyl (C=O) groups excluding carboxylic acids is 2. The molecule has 0 bridgehead atoms. The molecule has 45 heavy (non-hydrogen) atoms. The predicted molar refractivity (Wildman–Crippen MR) is 166 cm³/mol. The second kappa shape index (κ2) is 22.2. The van der Waals surface area contributed by atoms with Crippen molar-refractivity contribution in [1.29, 1.82) is 0 Å². The van der Waals surface area contributed by atoms with Crippen LogP contribution < -0.4 is 10.6 Å². The van der Waals surface area contributed by atoms with Gasteiger partial charge in [0.25, 0.3) is 0 Å². The Morgan fingerprint density at radius 3 is 1.27 bits per heavy atom. The first kappa shape index (κ1) is 39.8. The number of unbranched alkanes of at least 4 members (excludes halogenated alkanes) is 10.